The molecule has 2 rings (SSSR count). The van der Waals surface area contributed by atoms with Gasteiger partial charge in [0.05, 0.1) is 0 Å². The van der Waals surface area contributed by atoms with Gasteiger partial charge in [-0.25, -0.2) is 4.39 Å². The van der Waals surface area contributed by atoms with E-state index in [-0.39, 0.29) is 11.4 Å². The first-order valence-electron chi connectivity index (χ1n) is 6.54. The van der Waals surface area contributed by atoms with Crippen molar-refractivity contribution in [2.75, 3.05) is 32.7 Å². The molecule has 4 heteroatoms. The molecule has 3 nitrogen and oxygen atoms in total. The highest BCUT2D eigenvalue weighted by atomic mass is 19.1. The smallest absolute Gasteiger partial charge is 0.123 e. The van der Waals surface area contributed by atoms with E-state index in [1.165, 1.54) is 12.1 Å². The van der Waals surface area contributed by atoms with E-state index in [0.717, 1.165) is 38.2 Å². The molecule has 0 spiro atoms. The van der Waals surface area contributed by atoms with Crippen LogP contribution in [-0.4, -0.2) is 43.2 Å². The molecule has 1 atom stereocenters. The van der Waals surface area contributed by atoms with Crippen molar-refractivity contribution in [1.29, 1.82) is 0 Å². The Kier molecular flexibility index (Phi) is 4.32. The predicted molar refractivity (Wildman–Crippen MR) is 72.0 cm³/mol. The predicted octanol–water partition coefficient (Wildman–Crippen LogP) is 0.991. The van der Waals surface area contributed by atoms with Crippen molar-refractivity contribution < 1.29 is 4.39 Å². The minimum atomic E-state index is -0.185. The zero-order valence-corrected chi connectivity index (χ0v) is 11.0. The Balaban J connectivity index is 2.08. The number of nitrogens with zero attached hydrogens (tertiary/aromatic N) is 1. The summed E-state index contributed by atoms with van der Waals surface area (Å²) in [5, 5.41) is 3.35. The number of nitrogens with one attached hydrogen (secondary N) is 1. The summed E-state index contributed by atoms with van der Waals surface area (Å²) in [7, 11) is 0. The van der Waals surface area contributed by atoms with Gasteiger partial charge in [0.2, 0.25) is 0 Å². The highest BCUT2D eigenvalue weighted by Crippen LogP contribution is 2.20. The summed E-state index contributed by atoms with van der Waals surface area (Å²) >= 11 is 0. The number of hydrogen-bond donors (Lipinski definition) is 2. The fourth-order valence-electron chi connectivity index (χ4n) is 2.56. The summed E-state index contributed by atoms with van der Waals surface area (Å²) in [5.74, 6) is -0.185. The lowest BCUT2D eigenvalue weighted by atomic mass is 9.90. The Hall–Kier alpha value is -0.970. The Bertz CT molecular complexity index is 373. The Morgan fingerprint density at radius 1 is 1.28 bits per heavy atom. The summed E-state index contributed by atoms with van der Waals surface area (Å²) < 4.78 is 12.9. The Labute approximate surface area is 108 Å². The zero-order valence-electron chi connectivity index (χ0n) is 11.0. The molecule has 1 fully saturated rings. The molecule has 1 saturated heterocycles. The summed E-state index contributed by atoms with van der Waals surface area (Å²) in [6, 6.07) is 6.74. The van der Waals surface area contributed by atoms with Crippen LogP contribution in [0, 0.1) is 5.82 Å². The number of rotatable bonds is 4. The standard InChI is InChI=1S/C14H22FN3/c1-14(11-16,18-8-6-17-7-9-18)10-12-2-4-13(15)5-3-12/h2-5,17H,6-11,16H2,1H3. The molecule has 0 saturated carbocycles. The molecule has 1 aromatic carbocycles. The Morgan fingerprint density at radius 3 is 2.44 bits per heavy atom. The van der Waals surface area contributed by atoms with Crippen LogP contribution in [0.1, 0.15) is 12.5 Å². The molecule has 0 radical (unpaired) electrons. The number of benzene rings is 1. The largest absolute Gasteiger partial charge is 0.329 e. The van der Waals surface area contributed by atoms with Gasteiger partial charge in [0.25, 0.3) is 0 Å². The zero-order chi connectivity index (χ0) is 13.0. The number of piperazine rings is 1. The van der Waals surface area contributed by atoms with Gasteiger partial charge < -0.3 is 11.1 Å². The molecule has 0 aromatic heterocycles. The molecular weight excluding hydrogens is 229 g/mol. The highest BCUT2D eigenvalue weighted by molar-refractivity contribution is 5.19. The first-order valence-corrected chi connectivity index (χ1v) is 6.54. The molecule has 3 N–H and O–H groups in total. The fourth-order valence-corrected chi connectivity index (χ4v) is 2.56. The van der Waals surface area contributed by atoms with Gasteiger partial charge in [-0.15, -0.1) is 0 Å². The van der Waals surface area contributed by atoms with E-state index < -0.39 is 0 Å². The SMILES string of the molecule is CC(CN)(Cc1ccc(F)cc1)N1CCNCC1. The maximum atomic E-state index is 12.9. The summed E-state index contributed by atoms with van der Waals surface area (Å²) in [6.45, 7) is 6.88. The van der Waals surface area contributed by atoms with Crippen LogP contribution in [0.5, 0.6) is 0 Å². The van der Waals surface area contributed by atoms with E-state index in [4.69, 9.17) is 5.73 Å². The van der Waals surface area contributed by atoms with Gasteiger partial charge in [0.15, 0.2) is 0 Å². The van der Waals surface area contributed by atoms with Gasteiger partial charge in [-0.05, 0) is 31.0 Å². The van der Waals surface area contributed by atoms with Crippen molar-refractivity contribution in [3.8, 4) is 0 Å². The van der Waals surface area contributed by atoms with Gasteiger partial charge in [-0.1, -0.05) is 12.1 Å². The van der Waals surface area contributed by atoms with Crippen molar-refractivity contribution in [2.45, 2.75) is 18.9 Å². The molecule has 1 aliphatic heterocycles. The summed E-state index contributed by atoms with van der Waals surface area (Å²) in [6.07, 6.45) is 0.865. The highest BCUT2D eigenvalue weighted by Gasteiger charge is 2.31. The van der Waals surface area contributed by atoms with Crippen LogP contribution in [0.2, 0.25) is 0 Å². The van der Waals surface area contributed by atoms with Crippen LogP contribution in [0.3, 0.4) is 0 Å². The molecule has 0 amide bonds. The molecule has 1 aliphatic rings. The van der Waals surface area contributed by atoms with Crippen LogP contribution >= 0.6 is 0 Å². The molecule has 1 aromatic rings. The topological polar surface area (TPSA) is 41.3 Å². The minimum Gasteiger partial charge on any atom is -0.329 e. The summed E-state index contributed by atoms with van der Waals surface area (Å²) in [4.78, 5) is 2.44. The van der Waals surface area contributed by atoms with E-state index in [0.29, 0.717) is 6.54 Å². The molecule has 0 bridgehead atoms. The molecule has 0 aliphatic carbocycles. The van der Waals surface area contributed by atoms with Crippen LogP contribution in [0.15, 0.2) is 24.3 Å². The number of nitrogens with two attached hydrogens (primary N) is 1. The van der Waals surface area contributed by atoms with E-state index in [1.54, 1.807) is 0 Å². The van der Waals surface area contributed by atoms with Crippen LogP contribution in [0.25, 0.3) is 0 Å². The van der Waals surface area contributed by atoms with E-state index >= 15 is 0 Å². The van der Waals surface area contributed by atoms with Crippen molar-refractivity contribution in [3.63, 3.8) is 0 Å². The molecule has 100 valence electrons. The molecule has 1 heterocycles. The first kappa shape index (κ1) is 13.5. The lowest BCUT2D eigenvalue weighted by molar-refractivity contribution is 0.0946. The number of hydrogen-bond acceptors (Lipinski definition) is 3. The average molecular weight is 251 g/mol. The fraction of sp³-hybridized carbons (Fsp3) is 0.571. The van der Waals surface area contributed by atoms with E-state index in [2.05, 4.69) is 17.1 Å². The van der Waals surface area contributed by atoms with Crippen molar-refractivity contribution >= 4 is 0 Å². The number of halogens is 1. The normalized spacial score (nSPS) is 20.6. The second kappa shape index (κ2) is 5.78. The quantitative estimate of drug-likeness (QED) is 0.838. The third-order valence-corrected chi connectivity index (χ3v) is 3.82. The van der Waals surface area contributed by atoms with Crippen LogP contribution in [-0.2, 0) is 6.42 Å². The van der Waals surface area contributed by atoms with Crippen LogP contribution in [0.4, 0.5) is 4.39 Å². The first-order chi connectivity index (χ1) is 8.64. The van der Waals surface area contributed by atoms with Gasteiger partial charge in [0, 0.05) is 38.3 Å². The lowest BCUT2D eigenvalue weighted by Gasteiger charge is -2.43. The third kappa shape index (κ3) is 3.07. The van der Waals surface area contributed by atoms with Crippen molar-refractivity contribution in [3.05, 3.63) is 35.6 Å². The maximum absolute atomic E-state index is 12.9. The van der Waals surface area contributed by atoms with Gasteiger partial charge in [-0.3, -0.25) is 4.90 Å². The van der Waals surface area contributed by atoms with Crippen LogP contribution < -0.4 is 11.1 Å². The molecule has 18 heavy (non-hydrogen) atoms. The van der Waals surface area contributed by atoms with Gasteiger partial charge in [0.1, 0.15) is 5.82 Å². The second-order valence-corrected chi connectivity index (χ2v) is 5.24. The Morgan fingerprint density at radius 2 is 1.89 bits per heavy atom. The summed E-state index contributed by atoms with van der Waals surface area (Å²) in [5.41, 5.74) is 7.08. The van der Waals surface area contributed by atoms with E-state index in [9.17, 15) is 4.39 Å². The lowest BCUT2D eigenvalue weighted by Crippen LogP contribution is -2.59. The molecule has 1 unspecified atom stereocenters. The van der Waals surface area contributed by atoms with Gasteiger partial charge >= 0.3 is 0 Å². The maximum Gasteiger partial charge on any atom is 0.123 e. The van der Waals surface area contributed by atoms with Crippen molar-refractivity contribution in [1.82, 2.24) is 10.2 Å². The monoisotopic (exact) mass is 251 g/mol. The third-order valence-electron chi connectivity index (χ3n) is 3.82. The minimum absolute atomic E-state index is 0.0417. The van der Waals surface area contributed by atoms with Gasteiger partial charge in [-0.2, -0.15) is 0 Å². The molecular formula is C14H22FN3. The average Bonchev–Trinajstić information content (AvgIpc) is 2.42. The second-order valence-electron chi connectivity index (χ2n) is 5.24. The van der Waals surface area contributed by atoms with Crippen molar-refractivity contribution in [2.24, 2.45) is 5.73 Å². The van der Waals surface area contributed by atoms with E-state index in [1.807, 2.05) is 12.1 Å².